The van der Waals surface area contributed by atoms with Crippen molar-refractivity contribution in [3.05, 3.63) is 23.7 Å². The first kappa shape index (κ1) is 9.45. The lowest BCUT2D eigenvalue weighted by molar-refractivity contribution is 0.0691. The number of carboxylic acid groups (broad SMARTS) is 1. The fourth-order valence-corrected chi connectivity index (χ4v) is 1.31. The summed E-state index contributed by atoms with van der Waals surface area (Å²) < 4.78 is 6.59. The van der Waals surface area contributed by atoms with Crippen LogP contribution in [0.15, 0.2) is 12.3 Å². The molecule has 15 heavy (non-hydrogen) atoms. The minimum Gasteiger partial charge on any atom is -0.482 e. The molecule has 0 aromatic carbocycles. The maximum atomic E-state index is 10.7. The van der Waals surface area contributed by atoms with Gasteiger partial charge < -0.3 is 9.84 Å². The highest BCUT2D eigenvalue weighted by molar-refractivity contribution is 5.85. The van der Waals surface area contributed by atoms with Crippen LogP contribution < -0.4 is 4.74 Å². The van der Waals surface area contributed by atoms with E-state index in [-0.39, 0.29) is 5.69 Å². The highest BCUT2D eigenvalue weighted by Crippen LogP contribution is 2.15. The molecule has 6 nitrogen and oxygen atoms in total. The maximum absolute atomic E-state index is 10.7. The second-order valence-electron chi connectivity index (χ2n) is 3.04. The first-order valence-corrected chi connectivity index (χ1v) is 4.26. The van der Waals surface area contributed by atoms with Crippen LogP contribution in [0.3, 0.4) is 0 Å². The summed E-state index contributed by atoms with van der Waals surface area (Å²) in [6, 6.07) is 1.71. The Kier molecular flexibility index (Phi) is 2.03. The van der Waals surface area contributed by atoms with Crippen molar-refractivity contribution in [3.8, 4) is 5.88 Å². The molecule has 0 saturated heterocycles. The van der Waals surface area contributed by atoms with Crippen molar-refractivity contribution >= 4 is 11.7 Å². The number of fused-ring (bicyclic) bond motifs is 1. The van der Waals surface area contributed by atoms with Crippen molar-refractivity contribution in [1.29, 1.82) is 0 Å². The molecule has 0 radical (unpaired) electrons. The summed E-state index contributed by atoms with van der Waals surface area (Å²) in [6.45, 7) is 1.79. The predicted molar refractivity (Wildman–Crippen MR) is 51.2 cm³/mol. The molecule has 2 aromatic heterocycles. The third kappa shape index (κ3) is 1.50. The van der Waals surface area contributed by atoms with E-state index in [4.69, 9.17) is 9.84 Å². The van der Waals surface area contributed by atoms with Crippen LogP contribution in [0, 0.1) is 6.92 Å². The SMILES string of the molecule is COc1cc(C)nc2nc(C(=O)O)cn12. The van der Waals surface area contributed by atoms with Crippen LogP contribution in [0.25, 0.3) is 5.78 Å². The quantitative estimate of drug-likeness (QED) is 0.786. The number of aryl methyl sites for hydroxylation is 1. The standard InChI is InChI=1S/C9H9N3O3/c1-5-3-7(15-2)12-4-6(8(13)14)11-9(12)10-5/h3-4H,1-2H3,(H,13,14). The van der Waals surface area contributed by atoms with Crippen LogP contribution in [0.1, 0.15) is 16.2 Å². The van der Waals surface area contributed by atoms with E-state index in [9.17, 15) is 4.79 Å². The number of methoxy groups -OCH3 is 1. The number of carbonyl (C=O) groups is 1. The number of carboxylic acids is 1. The van der Waals surface area contributed by atoms with Crippen molar-refractivity contribution in [3.63, 3.8) is 0 Å². The fourth-order valence-electron chi connectivity index (χ4n) is 1.31. The summed E-state index contributed by atoms with van der Waals surface area (Å²) in [7, 11) is 1.51. The Balaban J connectivity index is 2.74. The lowest BCUT2D eigenvalue weighted by Gasteiger charge is -2.03. The van der Waals surface area contributed by atoms with Gasteiger partial charge in [-0.25, -0.2) is 14.8 Å². The zero-order valence-electron chi connectivity index (χ0n) is 8.26. The normalized spacial score (nSPS) is 10.5. The lowest BCUT2D eigenvalue weighted by atomic mass is 10.4. The summed E-state index contributed by atoms with van der Waals surface area (Å²) >= 11 is 0. The number of nitrogens with zero attached hydrogens (tertiary/aromatic N) is 3. The molecule has 1 N–H and O–H groups in total. The Morgan fingerprint density at radius 1 is 1.53 bits per heavy atom. The highest BCUT2D eigenvalue weighted by atomic mass is 16.5. The summed E-state index contributed by atoms with van der Waals surface area (Å²) in [6.07, 6.45) is 1.38. The number of ether oxygens (including phenoxy) is 1. The zero-order chi connectivity index (χ0) is 11.0. The molecule has 0 aliphatic rings. The van der Waals surface area contributed by atoms with Crippen LogP contribution >= 0.6 is 0 Å². The zero-order valence-corrected chi connectivity index (χ0v) is 8.26. The number of aromatic carboxylic acids is 1. The molecule has 2 aromatic rings. The molecule has 2 rings (SSSR count). The molecule has 78 valence electrons. The Labute approximate surface area is 85.2 Å². The Morgan fingerprint density at radius 2 is 2.27 bits per heavy atom. The number of aromatic nitrogens is 3. The average molecular weight is 207 g/mol. The first-order valence-electron chi connectivity index (χ1n) is 4.26. The van der Waals surface area contributed by atoms with Crippen molar-refractivity contribution < 1.29 is 14.6 Å². The lowest BCUT2D eigenvalue weighted by Crippen LogP contribution is -1.96. The summed E-state index contributed by atoms with van der Waals surface area (Å²) in [4.78, 5) is 18.7. The van der Waals surface area contributed by atoms with Crippen molar-refractivity contribution in [1.82, 2.24) is 14.4 Å². The van der Waals surface area contributed by atoms with Crippen LogP contribution in [0.2, 0.25) is 0 Å². The van der Waals surface area contributed by atoms with Gasteiger partial charge in [0.1, 0.15) is 0 Å². The Bertz CT molecular complexity index is 533. The second kappa shape index (κ2) is 3.23. The van der Waals surface area contributed by atoms with E-state index in [1.54, 1.807) is 13.0 Å². The monoisotopic (exact) mass is 207 g/mol. The highest BCUT2D eigenvalue weighted by Gasteiger charge is 2.12. The van der Waals surface area contributed by atoms with E-state index in [1.165, 1.54) is 17.7 Å². The van der Waals surface area contributed by atoms with Gasteiger partial charge in [-0.3, -0.25) is 4.40 Å². The fraction of sp³-hybridized carbons (Fsp3) is 0.222. The molecule has 0 spiro atoms. The molecule has 6 heteroatoms. The molecule has 0 aliphatic heterocycles. The van der Waals surface area contributed by atoms with Crippen molar-refractivity contribution in [2.24, 2.45) is 0 Å². The van der Waals surface area contributed by atoms with Gasteiger partial charge in [0.25, 0.3) is 0 Å². The number of rotatable bonds is 2. The second-order valence-corrected chi connectivity index (χ2v) is 3.04. The van der Waals surface area contributed by atoms with E-state index in [0.29, 0.717) is 11.7 Å². The molecule has 0 bridgehead atoms. The molecule has 0 saturated carbocycles. The Morgan fingerprint density at radius 3 is 2.87 bits per heavy atom. The van der Waals surface area contributed by atoms with Gasteiger partial charge in [-0.2, -0.15) is 0 Å². The topological polar surface area (TPSA) is 76.7 Å². The molecular weight excluding hydrogens is 198 g/mol. The van der Waals surface area contributed by atoms with Gasteiger partial charge in [-0.15, -0.1) is 0 Å². The van der Waals surface area contributed by atoms with Gasteiger partial charge in [0, 0.05) is 18.0 Å². The molecule has 0 fully saturated rings. The first-order chi connectivity index (χ1) is 7.11. The van der Waals surface area contributed by atoms with Gasteiger partial charge in [0.2, 0.25) is 11.7 Å². The molecule has 0 unspecified atom stereocenters. The largest absolute Gasteiger partial charge is 0.482 e. The van der Waals surface area contributed by atoms with E-state index < -0.39 is 5.97 Å². The third-order valence-corrected chi connectivity index (χ3v) is 1.96. The van der Waals surface area contributed by atoms with Crippen LogP contribution in [-0.4, -0.2) is 32.6 Å². The van der Waals surface area contributed by atoms with Crippen molar-refractivity contribution in [2.45, 2.75) is 6.92 Å². The van der Waals surface area contributed by atoms with E-state index in [1.807, 2.05) is 0 Å². The Hall–Kier alpha value is -2.11. The summed E-state index contributed by atoms with van der Waals surface area (Å²) in [5, 5.41) is 8.77. The van der Waals surface area contributed by atoms with Crippen molar-refractivity contribution in [2.75, 3.05) is 7.11 Å². The number of hydrogen-bond donors (Lipinski definition) is 1. The summed E-state index contributed by atoms with van der Waals surface area (Å²) in [5.41, 5.74) is 0.674. The molecular formula is C9H9N3O3. The van der Waals surface area contributed by atoms with E-state index >= 15 is 0 Å². The smallest absolute Gasteiger partial charge is 0.356 e. The number of hydrogen-bond acceptors (Lipinski definition) is 4. The van der Waals surface area contributed by atoms with E-state index in [2.05, 4.69) is 9.97 Å². The van der Waals surface area contributed by atoms with Gasteiger partial charge in [0.15, 0.2) is 5.69 Å². The molecule has 2 heterocycles. The maximum Gasteiger partial charge on any atom is 0.356 e. The third-order valence-electron chi connectivity index (χ3n) is 1.96. The molecule has 0 aliphatic carbocycles. The van der Waals surface area contributed by atoms with Crippen LogP contribution in [0.4, 0.5) is 0 Å². The minimum absolute atomic E-state index is 0.0496. The van der Waals surface area contributed by atoms with Gasteiger partial charge in [-0.1, -0.05) is 0 Å². The summed E-state index contributed by atoms with van der Waals surface area (Å²) in [5.74, 6) is -0.248. The minimum atomic E-state index is -1.08. The van der Waals surface area contributed by atoms with E-state index in [0.717, 1.165) is 5.69 Å². The average Bonchev–Trinajstić information content (AvgIpc) is 2.59. The molecule has 0 atom stereocenters. The predicted octanol–water partition coefficient (Wildman–Crippen LogP) is 0.745. The van der Waals surface area contributed by atoms with Crippen LogP contribution in [0.5, 0.6) is 5.88 Å². The van der Waals surface area contributed by atoms with Gasteiger partial charge in [0.05, 0.1) is 7.11 Å². The van der Waals surface area contributed by atoms with Crippen LogP contribution in [-0.2, 0) is 0 Å². The van der Waals surface area contributed by atoms with Gasteiger partial charge >= 0.3 is 5.97 Å². The molecule has 0 amide bonds. The number of imidazole rings is 1. The van der Waals surface area contributed by atoms with Gasteiger partial charge in [-0.05, 0) is 6.92 Å².